The molecule has 0 saturated heterocycles. The van der Waals surface area contributed by atoms with Gasteiger partial charge in [-0.1, -0.05) is 23.7 Å². The lowest BCUT2D eigenvalue weighted by molar-refractivity contribution is 0.101. The Morgan fingerprint density at radius 3 is 2.50 bits per heavy atom. The zero-order valence-electron chi connectivity index (χ0n) is 10.6. The van der Waals surface area contributed by atoms with Crippen molar-refractivity contribution in [3.63, 3.8) is 0 Å². The maximum absolute atomic E-state index is 12.1. The minimum Gasteiger partial charge on any atom is -0.322 e. The average molecular weight is 353 g/mol. The number of amides is 1. The van der Waals surface area contributed by atoms with Gasteiger partial charge in [-0.2, -0.15) is 0 Å². The molecule has 2 aromatic carbocycles. The molecule has 0 unspecified atom stereocenters. The Morgan fingerprint density at radius 1 is 1.10 bits per heavy atom. The van der Waals surface area contributed by atoms with Crippen LogP contribution in [0.15, 0.2) is 46.9 Å². The SMILES string of the molecule is CC(=O)c1cccc(NC(=O)c2ccc(Br)c(Cl)c2)c1. The molecule has 0 aliphatic rings. The van der Waals surface area contributed by atoms with Crippen LogP contribution >= 0.6 is 27.5 Å². The molecule has 0 fully saturated rings. The Bertz CT molecular complexity index is 685. The summed E-state index contributed by atoms with van der Waals surface area (Å²) in [4.78, 5) is 23.4. The minimum atomic E-state index is -0.278. The van der Waals surface area contributed by atoms with Gasteiger partial charge in [0.1, 0.15) is 0 Å². The van der Waals surface area contributed by atoms with Gasteiger partial charge in [-0.05, 0) is 53.2 Å². The van der Waals surface area contributed by atoms with Crippen LogP contribution in [-0.2, 0) is 0 Å². The second kappa shape index (κ2) is 6.20. The van der Waals surface area contributed by atoms with Gasteiger partial charge in [-0.25, -0.2) is 0 Å². The quantitative estimate of drug-likeness (QED) is 0.823. The highest BCUT2D eigenvalue weighted by atomic mass is 79.9. The van der Waals surface area contributed by atoms with Gasteiger partial charge in [0.15, 0.2) is 5.78 Å². The predicted octanol–water partition coefficient (Wildman–Crippen LogP) is 4.56. The van der Waals surface area contributed by atoms with Gasteiger partial charge in [0.2, 0.25) is 0 Å². The van der Waals surface area contributed by atoms with Crippen molar-refractivity contribution in [1.82, 2.24) is 0 Å². The van der Waals surface area contributed by atoms with Crippen LogP contribution < -0.4 is 5.32 Å². The summed E-state index contributed by atoms with van der Waals surface area (Å²) in [5.41, 5.74) is 1.57. The van der Waals surface area contributed by atoms with E-state index in [2.05, 4.69) is 21.2 Å². The van der Waals surface area contributed by atoms with Crippen LogP contribution in [0.2, 0.25) is 5.02 Å². The molecule has 0 saturated carbocycles. The molecule has 1 amide bonds. The molecular weight excluding hydrogens is 342 g/mol. The van der Waals surface area contributed by atoms with Crippen LogP contribution in [-0.4, -0.2) is 11.7 Å². The number of benzene rings is 2. The number of ketones is 1. The van der Waals surface area contributed by atoms with E-state index in [4.69, 9.17) is 11.6 Å². The zero-order chi connectivity index (χ0) is 14.7. The first kappa shape index (κ1) is 14.8. The summed E-state index contributed by atoms with van der Waals surface area (Å²) in [5, 5.41) is 3.20. The molecule has 102 valence electrons. The van der Waals surface area contributed by atoms with E-state index in [1.165, 1.54) is 6.92 Å². The molecule has 2 aromatic rings. The van der Waals surface area contributed by atoms with E-state index < -0.39 is 0 Å². The molecule has 0 spiro atoms. The third-order valence-corrected chi connectivity index (χ3v) is 3.94. The predicted molar refractivity (Wildman–Crippen MR) is 83.6 cm³/mol. The fourth-order valence-electron chi connectivity index (χ4n) is 1.66. The molecule has 0 aliphatic heterocycles. The van der Waals surface area contributed by atoms with Gasteiger partial charge in [0.25, 0.3) is 5.91 Å². The van der Waals surface area contributed by atoms with E-state index in [9.17, 15) is 9.59 Å². The van der Waals surface area contributed by atoms with Crippen molar-refractivity contribution in [2.24, 2.45) is 0 Å². The third kappa shape index (κ3) is 3.46. The van der Waals surface area contributed by atoms with E-state index in [0.717, 1.165) is 4.47 Å². The van der Waals surface area contributed by atoms with E-state index in [1.807, 2.05) is 0 Å². The van der Waals surface area contributed by atoms with Crippen molar-refractivity contribution >= 4 is 44.9 Å². The summed E-state index contributed by atoms with van der Waals surface area (Å²) in [6.45, 7) is 1.48. The van der Waals surface area contributed by atoms with Gasteiger partial charge in [-0.15, -0.1) is 0 Å². The number of halogens is 2. The highest BCUT2D eigenvalue weighted by molar-refractivity contribution is 9.10. The van der Waals surface area contributed by atoms with Crippen LogP contribution in [0.25, 0.3) is 0 Å². The molecule has 5 heteroatoms. The van der Waals surface area contributed by atoms with Crippen LogP contribution in [0.5, 0.6) is 0 Å². The van der Waals surface area contributed by atoms with Gasteiger partial charge in [-0.3, -0.25) is 9.59 Å². The van der Waals surface area contributed by atoms with Crippen molar-refractivity contribution in [2.75, 3.05) is 5.32 Å². The lowest BCUT2D eigenvalue weighted by atomic mass is 10.1. The van der Waals surface area contributed by atoms with Crippen molar-refractivity contribution in [2.45, 2.75) is 6.92 Å². The van der Waals surface area contributed by atoms with Crippen molar-refractivity contribution in [1.29, 1.82) is 0 Å². The molecule has 0 aromatic heterocycles. The molecule has 20 heavy (non-hydrogen) atoms. The van der Waals surface area contributed by atoms with E-state index in [0.29, 0.717) is 21.8 Å². The van der Waals surface area contributed by atoms with E-state index >= 15 is 0 Å². The summed E-state index contributed by atoms with van der Waals surface area (Å²) in [5.74, 6) is -0.326. The summed E-state index contributed by atoms with van der Waals surface area (Å²) < 4.78 is 0.731. The molecular formula is C15H11BrClNO2. The second-order valence-electron chi connectivity index (χ2n) is 4.22. The normalized spacial score (nSPS) is 10.2. The fraction of sp³-hybridized carbons (Fsp3) is 0.0667. The van der Waals surface area contributed by atoms with Crippen LogP contribution in [0.3, 0.4) is 0 Å². The Morgan fingerprint density at radius 2 is 1.85 bits per heavy atom. The average Bonchev–Trinajstić information content (AvgIpc) is 2.42. The van der Waals surface area contributed by atoms with Crippen molar-refractivity contribution < 1.29 is 9.59 Å². The first-order chi connectivity index (χ1) is 9.47. The number of rotatable bonds is 3. The molecule has 0 aliphatic carbocycles. The van der Waals surface area contributed by atoms with E-state index in [1.54, 1.807) is 42.5 Å². The molecule has 0 heterocycles. The lowest BCUT2D eigenvalue weighted by Gasteiger charge is -2.07. The van der Waals surface area contributed by atoms with Gasteiger partial charge >= 0.3 is 0 Å². The Hall–Kier alpha value is -1.65. The molecule has 3 nitrogen and oxygen atoms in total. The molecule has 0 bridgehead atoms. The Balaban J connectivity index is 2.21. The number of hydrogen-bond acceptors (Lipinski definition) is 2. The maximum Gasteiger partial charge on any atom is 0.255 e. The Labute approximate surface area is 130 Å². The van der Waals surface area contributed by atoms with E-state index in [-0.39, 0.29) is 11.7 Å². The van der Waals surface area contributed by atoms with Gasteiger partial charge in [0, 0.05) is 21.3 Å². The zero-order valence-corrected chi connectivity index (χ0v) is 13.0. The standard InChI is InChI=1S/C15H11BrClNO2/c1-9(19)10-3-2-4-12(7-10)18-15(20)11-5-6-13(16)14(17)8-11/h2-8H,1H3,(H,18,20). The minimum absolute atomic E-state index is 0.0483. The monoisotopic (exact) mass is 351 g/mol. The number of anilines is 1. The number of carbonyl (C=O) groups excluding carboxylic acids is 2. The fourth-order valence-corrected chi connectivity index (χ4v) is 2.08. The lowest BCUT2D eigenvalue weighted by Crippen LogP contribution is -2.12. The Kier molecular flexibility index (Phi) is 4.57. The van der Waals surface area contributed by atoms with Crippen molar-refractivity contribution in [3.05, 3.63) is 63.1 Å². The second-order valence-corrected chi connectivity index (χ2v) is 5.48. The smallest absolute Gasteiger partial charge is 0.255 e. The first-order valence-electron chi connectivity index (χ1n) is 5.85. The maximum atomic E-state index is 12.1. The summed E-state index contributed by atoms with van der Waals surface area (Å²) in [6, 6.07) is 11.8. The molecule has 1 N–H and O–H groups in total. The van der Waals surface area contributed by atoms with Gasteiger partial charge in [0.05, 0.1) is 5.02 Å². The van der Waals surface area contributed by atoms with Crippen LogP contribution in [0.1, 0.15) is 27.6 Å². The molecule has 0 radical (unpaired) electrons. The highest BCUT2D eigenvalue weighted by Gasteiger charge is 2.09. The summed E-state index contributed by atoms with van der Waals surface area (Å²) in [7, 11) is 0. The number of carbonyl (C=O) groups is 2. The number of Topliss-reactive ketones (excluding diaryl/α,β-unsaturated/α-hetero) is 1. The van der Waals surface area contributed by atoms with Crippen molar-refractivity contribution in [3.8, 4) is 0 Å². The number of nitrogens with one attached hydrogen (secondary N) is 1. The third-order valence-electron chi connectivity index (χ3n) is 2.71. The largest absolute Gasteiger partial charge is 0.322 e. The highest BCUT2D eigenvalue weighted by Crippen LogP contribution is 2.23. The summed E-state index contributed by atoms with van der Waals surface area (Å²) >= 11 is 9.23. The molecule has 2 rings (SSSR count). The van der Waals surface area contributed by atoms with Crippen LogP contribution in [0, 0.1) is 0 Å². The molecule has 0 atom stereocenters. The van der Waals surface area contributed by atoms with Gasteiger partial charge < -0.3 is 5.32 Å². The first-order valence-corrected chi connectivity index (χ1v) is 7.02. The summed E-state index contributed by atoms with van der Waals surface area (Å²) in [6.07, 6.45) is 0. The topological polar surface area (TPSA) is 46.2 Å². The number of hydrogen-bond donors (Lipinski definition) is 1. The van der Waals surface area contributed by atoms with Crippen LogP contribution in [0.4, 0.5) is 5.69 Å².